The van der Waals surface area contributed by atoms with Gasteiger partial charge in [-0.1, -0.05) is 18.2 Å². The van der Waals surface area contributed by atoms with Crippen LogP contribution in [0.5, 0.6) is 0 Å². The summed E-state index contributed by atoms with van der Waals surface area (Å²) >= 11 is 2.00. The van der Waals surface area contributed by atoms with E-state index < -0.39 is 0 Å². The van der Waals surface area contributed by atoms with E-state index in [2.05, 4.69) is 34.9 Å². The van der Waals surface area contributed by atoms with Crippen LogP contribution in [0.2, 0.25) is 0 Å². The highest BCUT2D eigenvalue weighted by Gasteiger charge is 2.22. The zero-order chi connectivity index (χ0) is 12.2. The Kier molecular flexibility index (Phi) is 4.24. The van der Waals surface area contributed by atoms with Gasteiger partial charge in [0.15, 0.2) is 0 Å². The Bertz CT molecular complexity index is 390. The average Bonchev–Trinajstić information content (AvgIpc) is 3.14. The van der Waals surface area contributed by atoms with Crippen LogP contribution >= 0.6 is 11.8 Å². The van der Waals surface area contributed by atoms with E-state index in [-0.39, 0.29) is 0 Å². The normalized spacial score (nSPS) is 22.1. The third-order valence-electron chi connectivity index (χ3n) is 3.73. The van der Waals surface area contributed by atoms with Gasteiger partial charge in [-0.3, -0.25) is 0 Å². The Hall–Kier alpha value is -0.510. The van der Waals surface area contributed by atoms with Crippen molar-refractivity contribution < 1.29 is 0 Å². The quantitative estimate of drug-likeness (QED) is 0.739. The van der Waals surface area contributed by atoms with Crippen molar-refractivity contribution in [2.45, 2.75) is 36.1 Å². The molecule has 0 spiro atoms. The minimum Gasteiger partial charge on any atom is -0.316 e. The van der Waals surface area contributed by atoms with Crippen LogP contribution in [0.4, 0.5) is 0 Å². The number of thioether (sulfide) groups is 1. The average molecular weight is 262 g/mol. The van der Waals surface area contributed by atoms with Crippen LogP contribution in [-0.2, 0) is 0 Å². The molecule has 1 fully saturated rings. The molecule has 2 N–H and O–H groups in total. The smallest absolute Gasteiger partial charge is 0.0108 e. The van der Waals surface area contributed by atoms with Crippen LogP contribution in [0.3, 0.4) is 0 Å². The van der Waals surface area contributed by atoms with Crippen LogP contribution in [0, 0.1) is 0 Å². The topological polar surface area (TPSA) is 24.1 Å². The van der Waals surface area contributed by atoms with Gasteiger partial charge < -0.3 is 10.6 Å². The van der Waals surface area contributed by atoms with Crippen molar-refractivity contribution in [3.8, 4) is 0 Å². The van der Waals surface area contributed by atoms with E-state index in [0.29, 0.717) is 5.92 Å². The molecule has 1 aromatic carbocycles. The molecule has 1 aliphatic carbocycles. The fourth-order valence-electron chi connectivity index (χ4n) is 2.48. The lowest BCUT2D eigenvalue weighted by atomic mass is 10.0. The van der Waals surface area contributed by atoms with Crippen molar-refractivity contribution in [1.82, 2.24) is 10.6 Å². The van der Waals surface area contributed by atoms with Gasteiger partial charge in [0.1, 0.15) is 0 Å². The van der Waals surface area contributed by atoms with E-state index in [4.69, 9.17) is 0 Å². The molecule has 2 nitrogen and oxygen atoms in total. The molecule has 0 amide bonds. The summed E-state index contributed by atoms with van der Waals surface area (Å²) in [5.41, 5.74) is 1.55. The van der Waals surface area contributed by atoms with Gasteiger partial charge in [-0.2, -0.15) is 0 Å². The Balaban J connectivity index is 1.34. The molecular weight excluding hydrogens is 240 g/mol. The second kappa shape index (κ2) is 6.09. The predicted octanol–water partition coefficient (Wildman–Crippen LogP) is 2.61. The first-order valence-corrected chi connectivity index (χ1v) is 8.08. The predicted molar refractivity (Wildman–Crippen MR) is 78.4 cm³/mol. The van der Waals surface area contributed by atoms with Gasteiger partial charge in [0, 0.05) is 29.2 Å². The monoisotopic (exact) mass is 262 g/mol. The summed E-state index contributed by atoms with van der Waals surface area (Å²) in [6, 6.07) is 9.70. The summed E-state index contributed by atoms with van der Waals surface area (Å²) in [5.74, 6) is 1.95. The third kappa shape index (κ3) is 3.28. The molecule has 3 rings (SSSR count). The summed E-state index contributed by atoms with van der Waals surface area (Å²) in [6.07, 6.45) is 4.03. The SMILES string of the molecule is c1ccc2c(c1)SCC2CNCCCNC1CC1. The van der Waals surface area contributed by atoms with Gasteiger partial charge in [0.25, 0.3) is 0 Å². The van der Waals surface area contributed by atoms with Gasteiger partial charge in [-0.25, -0.2) is 0 Å². The Morgan fingerprint density at radius 2 is 2.06 bits per heavy atom. The van der Waals surface area contributed by atoms with Crippen LogP contribution in [0.25, 0.3) is 0 Å². The number of nitrogens with one attached hydrogen (secondary N) is 2. The van der Waals surface area contributed by atoms with Crippen molar-refractivity contribution in [3.63, 3.8) is 0 Å². The van der Waals surface area contributed by atoms with Crippen molar-refractivity contribution >= 4 is 11.8 Å². The summed E-state index contributed by atoms with van der Waals surface area (Å²) < 4.78 is 0. The van der Waals surface area contributed by atoms with Crippen molar-refractivity contribution in [1.29, 1.82) is 0 Å². The molecule has 1 saturated carbocycles. The molecule has 98 valence electrons. The maximum Gasteiger partial charge on any atom is 0.0108 e. The molecular formula is C15H22N2S. The number of fused-ring (bicyclic) bond motifs is 1. The lowest BCUT2D eigenvalue weighted by molar-refractivity contribution is 0.570. The Morgan fingerprint density at radius 3 is 2.94 bits per heavy atom. The molecule has 1 unspecified atom stereocenters. The van der Waals surface area contributed by atoms with Crippen molar-refractivity contribution in [3.05, 3.63) is 29.8 Å². The van der Waals surface area contributed by atoms with E-state index >= 15 is 0 Å². The molecule has 0 aromatic heterocycles. The molecule has 18 heavy (non-hydrogen) atoms. The lowest BCUT2D eigenvalue weighted by Gasteiger charge is -2.12. The summed E-state index contributed by atoms with van der Waals surface area (Å²) in [7, 11) is 0. The Morgan fingerprint density at radius 1 is 1.17 bits per heavy atom. The number of rotatable bonds is 7. The molecule has 3 heteroatoms. The third-order valence-corrected chi connectivity index (χ3v) is 4.98. The maximum absolute atomic E-state index is 3.61. The van der Waals surface area contributed by atoms with Gasteiger partial charge in [0.05, 0.1) is 0 Å². The Labute approximate surface area is 114 Å². The van der Waals surface area contributed by atoms with Crippen LogP contribution in [0.15, 0.2) is 29.2 Å². The summed E-state index contributed by atoms with van der Waals surface area (Å²) in [5, 5.41) is 7.17. The molecule has 1 aliphatic heterocycles. The molecule has 0 saturated heterocycles. The molecule has 1 heterocycles. The van der Waals surface area contributed by atoms with Crippen LogP contribution in [0.1, 0.15) is 30.7 Å². The molecule has 1 aromatic rings. The van der Waals surface area contributed by atoms with E-state index in [1.54, 1.807) is 5.56 Å². The van der Waals surface area contributed by atoms with Gasteiger partial charge in [-0.05, 0) is 44.0 Å². The van der Waals surface area contributed by atoms with E-state index in [1.165, 1.54) is 36.5 Å². The van der Waals surface area contributed by atoms with Gasteiger partial charge in [0.2, 0.25) is 0 Å². The summed E-state index contributed by atoms with van der Waals surface area (Å²) in [4.78, 5) is 1.49. The first-order valence-electron chi connectivity index (χ1n) is 7.09. The van der Waals surface area contributed by atoms with E-state index in [0.717, 1.165) is 19.1 Å². The fraction of sp³-hybridized carbons (Fsp3) is 0.600. The first kappa shape index (κ1) is 12.5. The van der Waals surface area contributed by atoms with Gasteiger partial charge >= 0.3 is 0 Å². The first-order chi connectivity index (χ1) is 8.93. The highest BCUT2D eigenvalue weighted by Crippen LogP contribution is 2.38. The molecule has 2 aliphatic rings. The van der Waals surface area contributed by atoms with Gasteiger partial charge in [-0.15, -0.1) is 11.8 Å². The van der Waals surface area contributed by atoms with Crippen molar-refractivity contribution in [2.24, 2.45) is 0 Å². The minimum atomic E-state index is 0.711. The van der Waals surface area contributed by atoms with Crippen LogP contribution in [-0.4, -0.2) is 31.4 Å². The maximum atomic E-state index is 3.61. The van der Waals surface area contributed by atoms with E-state index in [1.807, 2.05) is 11.8 Å². The highest BCUT2D eigenvalue weighted by atomic mass is 32.2. The number of hydrogen-bond donors (Lipinski definition) is 2. The lowest BCUT2D eigenvalue weighted by Crippen LogP contribution is -2.26. The second-order valence-electron chi connectivity index (χ2n) is 5.33. The largest absolute Gasteiger partial charge is 0.316 e. The van der Waals surface area contributed by atoms with E-state index in [9.17, 15) is 0 Å². The molecule has 0 bridgehead atoms. The minimum absolute atomic E-state index is 0.711. The standard InChI is InChI=1S/C15H22N2S/c1-2-5-15-14(4-1)12(11-18-15)10-16-8-3-9-17-13-6-7-13/h1-2,4-5,12-13,16-17H,3,6-11H2. The fourth-order valence-corrected chi connectivity index (χ4v) is 3.74. The summed E-state index contributed by atoms with van der Waals surface area (Å²) in [6.45, 7) is 3.45. The molecule has 0 radical (unpaired) electrons. The zero-order valence-electron chi connectivity index (χ0n) is 10.8. The second-order valence-corrected chi connectivity index (χ2v) is 6.39. The zero-order valence-corrected chi connectivity index (χ0v) is 11.6. The molecule has 1 atom stereocenters. The van der Waals surface area contributed by atoms with Crippen molar-refractivity contribution in [2.75, 3.05) is 25.4 Å². The highest BCUT2D eigenvalue weighted by molar-refractivity contribution is 7.99. The number of hydrogen-bond acceptors (Lipinski definition) is 3. The number of benzene rings is 1. The van der Waals surface area contributed by atoms with Crippen LogP contribution < -0.4 is 10.6 Å².